The highest BCUT2D eigenvalue weighted by atomic mass is 16.5. The number of methoxy groups -OCH3 is 1. The van der Waals surface area contributed by atoms with Crippen molar-refractivity contribution in [2.45, 2.75) is 63.6 Å². The van der Waals surface area contributed by atoms with Crippen LogP contribution >= 0.6 is 0 Å². The standard InChI is InChI=1S/C34H45N5O7/c1-45-23-28-13-9-17-39(28)34(44)22-38-21-31(41)36-20-26-11-6-5-10-25(26)18-30(40)37-27(19-33(38)43)12-7-8-16-35-32(42)24-46-29-14-3-2-4-15-29/h2-6,10-11,14-15,27-28H,7-9,12-13,16-24H2,1H3,(H,35,42)(H,36,41)(H,37,40)/t27-,28+/m0/s1. The first-order chi connectivity index (χ1) is 22.3. The second-order valence-corrected chi connectivity index (χ2v) is 11.7. The number of amides is 5. The van der Waals surface area contributed by atoms with E-state index >= 15 is 0 Å². The first kappa shape index (κ1) is 34.4. The SMILES string of the molecule is COC[C@H]1CCCN1C(=O)CN1CC(=O)NCc2ccccc2CC(=O)N[C@@H](CCCCNC(=O)COc2ccccc2)CC1=O. The van der Waals surface area contributed by atoms with Gasteiger partial charge in [0.1, 0.15) is 18.8 Å². The molecule has 1 saturated heterocycles. The lowest BCUT2D eigenvalue weighted by molar-refractivity contribution is -0.144. The maximum absolute atomic E-state index is 13.7. The van der Waals surface area contributed by atoms with Gasteiger partial charge in [-0.1, -0.05) is 42.5 Å². The van der Waals surface area contributed by atoms with Crippen LogP contribution in [0.15, 0.2) is 54.6 Å². The number of nitrogens with one attached hydrogen (secondary N) is 3. The summed E-state index contributed by atoms with van der Waals surface area (Å²) in [5, 5.41) is 8.70. The summed E-state index contributed by atoms with van der Waals surface area (Å²) < 4.78 is 10.8. The monoisotopic (exact) mass is 635 g/mol. The van der Waals surface area contributed by atoms with E-state index in [2.05, 4.69) is 16.0 Å². The summed E-state index contributed by atoms with van der Waals surface area (Å²) in [5.74, 6) is -0.862. The number of nitrogens with zero attached hydrogens (tertiary/aromatic N) is 2. The summed E-state index contributed by atoms with van der Waals surface area (Å²) >= 11 is 0. The zero-order chi connectivity index (χ0) is 32.7. The molecule has 2 atom stereocenters. The molecule has 2 aromatic rings. The number of fused-ring (bicyclic) bond motifs is 1. The first-order valence-corrected chi connectivity index (χ1v) is 16.0. The van der Waals surface area contributed by atoms with Crippen molar-refractivity contribution in [3.05, 3.63) is 65.7 Å². The average Bonchev–Trinajstić information content (AvgIpc) is 3.51. The molecule has 0 unspecified atom stereocenters. The van der Waals surface area contributed by atoms with Crippen molar-refractivity contribution in [2.75, 3.05) is 46.5 Å². The Morgan fingerprint density at radius 1 is 0.978 bits per heavy atom. The van der Waals surface area contributed by atoms with E-state index in [1.54, 1.807) is 24.1 Å². The number of likely N-dealkylation sites (tertiary alicyclic amines) is 1. The lowest BCUT2D eigenvalue weighted by Crippen LogP contribution is -2.49. The van der Waals surface area contributed by atoms with Crippen molar-refractivity contribution in [2.24, 2.45) is 0 Å². The molecule has 0 spiro atoms. The molecule has 46 heavy (non-hydrogen) atoms. The van der Waals surface area contributed by atoms with E-state index in [-0.39, 0.29) is 74.7 Å². The van der Waals surface area contributed by atoms with Crippen molar-refractivity contribution in [3.63, 3.8) is 0 Å². The summed E-state index contributed by atoms with van der Waals surface area (Å²) in [6, 6.07) is 15.9. The van der Waals surface area contributed by atoms with Gasteiger partial charge in [-0.25, -0.2) is 0 Å². The van der Waals surface area contributed by atoms with Gasteiger partial charge in [0.05, 0.1) is 19.1 Å². The summed E-state index contributed by atoms with van der Waals surface area (Å²) in [4.78, 5) is 68.4. The van der Waals surface area contributed by atoms with Crippen LogP contribution in [0, 0.1) is 0 Å². The normalized spacial score (nSPS) is 19.2. The lowest BCUT2D eigenvalue weighted by atomic mass is 10.0. The number of carbonyl (C=O) groups excluding carboxylic acids is 5. The minimum Gasteiger partial charge on any atom is -0.484 e. The Hall–Kier alpha value is -4.45. The third-order valence-electron chi connectivity index (χ3n) is 8.22. The summed E-state index contributed by atoms with van der Waals surface area (Å²) in [7, 11) is 1.59. The van der Waals surface area contributed by atoms with Crippen LogP contribution in [0.4, 0.5) is 0 Å². The molecule has 0 saturated carbocycles. The van der Waals surface area contributed by atoms with Crippen LogP contribution in [0.25, 0.3) is 0 Å². The van der Waals surface area contributed by atoms with Crippen LogP contribution in [0.5, 0.6) is 5.75 Å². The van der Waals surface area contributed by atoms with Crippen molar-refractivity contribution in [1.29, 1.82) is 0 Å². The molecule has 2 aliphatic rings. The first-order valence-electron chi connectivity index (χ1n) is 16.0. The van der Waals surface area contributed by atoms with E-state index in [0.717, 1.165) is 24.0 Å². The number of ether oxygens (including phenoxy) is 2. The minimum absolute atomic E-state index is 0.0628. The summed E-state index contributed by atoms with van der Waals surface area (Å²) in [5.41, 5.74) is 1.59. The molecule has 2 heterocycles. The second kappa shape index (κ2) is 17.9. The van der Waals surface area contributed by atoms with Gasteiger partial charge >= 0.3 is 0 Å². The molecule has 0 radical (unpaired) electrons. The highest BCUT2D eigenvalue weighted by molar-refractivity contribution is 5.90. The fourth-order valence-corrected chi connectivity index (χ4v) is 5.82. The number of para-hydroxylation sites is 1. The van der Waals surface area contributed by atoms with Gasteiger partial charge in [0.2, 0.25) is 23.6 Å². The highest BCUT2D eigenvalue weighted by Gasteiger charge is 2.32. The van der Waals surface area contributed by atoms with Gasteiger partial charge in [-0.3, -0.25) is 24.0 Å². The van der Waals surface area contributed by atoms with E-state index in [4.69, 9.17) is 9.47 Å². The van der Waals surface area contributed by atoms with E-state index < -0.39 is 6.04 Å². The highest BCUT2D eigenvalue weighted by Crippen LogP contribution is 2.19. The zero-order valence-electron chi connectivity index (χ0n) is 26.5. The topological polar surface area (TPSA) is 146 Å². The van der Waals surface area contributed by atoms with E-state index in [1.807, 2.05) is 42.5 Å². The van der Waals surface area contributed by atoms with Crippen LogP contribution < -0.4 is 20.7 Å². The van der Waals surface area contributed by atoms with Crippen LogP contribution in [0.2, 0.25) is 0 Å². The van der Waals surface area contributed by atoms with Gasteiger partial charge in [-0.2, -0.15) is 0 Å². The van der Waals surface area contributed by atoms with E-state index in [1.165, 1.54) is 4.90 Å². The fraction of sp³-hybridized carbons (Fsp3) is 0.500. The molecule has 2 aliphatic heterocycles. The van der Waals surface area contributed by atoms with Crippen LogP contribution in [-0.2, 0) is 41.7 Å². The molecule has 2 aromatic carbocycles. The maximum Gasteiger partial charge on any atom is 0.257 e. The molecule has 5 amide bonds. The molecular weight excluding hydrogens is 590 g/mol. The zero-order valence-corrected chi connectivity index (χ0v) is 26.5. The minimum atomic E-state index is -0.515. The second-order valence-electron chi connectivity index (χ2n) is 11.7. The summed E-state index contributed by atoms with van der Waals surface area (Å²) in [6.07, 6.45) is 3.44. The summed E-state index contributed by atoms with van der Waals surface area (Å²) in [6.45, 7) is 1.00. The molecule has 0 bridgehead atoms. The fourth-order valence-electron chi connectivity index (χ4n) is 5.82. The predicted octanol–water partition coefficient (Wildman–Crippen LogP) is 1.57. The van der Waals surface area contributed by atoms with E-state index in [9.17, 15) is 24.0 Å². The number of benzene rings is 2. The molecule has 3 N–H and O–H groups in total. The molecule has 0 aromatic heterocycles. The third kappa shape index (κ3) is 10.9. The molecule has 1 fully saturated rings. The smallest absolute Gasteiger partial charge is 0.257 e. The maximum atomic E-state index is 13.7. The van der Waals surface area contributed by atoms with Crippen molar-refractivity contribution < 1.29 is 33.4 Å². The average molecular weight is 636 g/mol. The number of unbranched alkanes of at least 4 members (excludes halogenated alkanes) is 1. The molecular formula is C34H45N5O7. The van der Waals surface area contributed by atoms with Gasteiger partial charge < -0.3 is 35.2 Å². The largest absolute Gasteiger partial charge is 0.484 e. The molecule has 4 rings (SSSR count). The molecule has 12 nitrogen and oxygen atoms in total. The van der Waals surface area contributed by atoms with Gasteiger partial charge in [0.15, 0.2) is 6.61 Å². The molecule has 248 valence electrons. The van der Waals surface area contributed by atoms with Gasteiger partial charge in [-0.15, -0.1) is 0 Å². The Balaban J connectivity index is 1.38. The Labute approximate surface area is 270 Å². The molecule has 12 heteroatoms. The lowest BCUT2D eigenvalue weighted by Gasteiger charge is -2.29. The number of hydrogen-bond donors (Lipinski definition) is 3. The Bertz CT molecular complexity index is 1340. The Morgan fingerprint density at radius 3 is 2.52 bits per heavy atom. The van der Waals surface area contributed by atoms with Gasteiger partial charge in [0.25, 0.3) is 5.91 Å². The van der Waals surface area contributed by atoms with Gasteiger partial charge in [-0.05, 0) is 55.4 Å². The third-order valence-corrected chi connectivity index (χ3v) is 8.22. The number of carbonyl (C=O) groups is 5. The van der Waals surface area contributed by atoms with Crippen molar-refractivity contribution in [3.8, 4) is 5.75 Å². The van der Waals surface area contributed by atoms with Crippen LogP contribution in [-0.4, -0.2) is 97.9 Å². The number of hydrogen-bond acceptors (Lipinski definition) is 7. The van der Waals surface area contributed by atoms with Gasteiger partial charge in [0, 0.05) is 39.2 Å². The number of rotatable bonds is 12. The Kier molecular flexibility index (Phi) is 13.4. The Morgan fingerprint density at radius 2 is 1.74 bits per heavy atom. The molecule has 0 aliphatic carbocycles. The quantitative estimate of drug-likeness (QED) is 0.300. The van der Waals surface area contributed by atoms with Crippen molar-refractivity contribution >= 4 is 29.5 Å². The predicted molar refractivity (Wildman–Crippen MR) is 171 cm³/mol. The van der Waals surface area contributed by atoms with Crippen molar-refractivity contribution in [1.82, 2.24) is 25.8 Å². The van der Waals surface area contributed by atoms with Crippen LogP contribution in [0.1, 0.15) is 49.7 Å². The van der Waals surface area contributed by atoms with E-state index in [0.29, 0.717) is 44.7 Å². The van der Waals surface area contributed by atoms with Crippen LogP contribution in [0.3, 0.4) is 0 Å².